The fourth-order valence-corrected chi connectivity index (χ4v) is 1.81. The quantitative estimate of drug-likeness (QED) is 0.865. The maximum Gasteiger partial charge on any atom is 0.303 e. The first-order valence-corrected chi connectivity index (χ1v) is 5.45. The lowest BCUT2D eigenvalue weighted by atomic mass is 10.1. The molecule has 0 radical (unpaired) electrons. The minimum absolute atomic E-state index is 0.105. The van der Waals surface area contributed by atoms with Gasteiger partial charge in [0, 0.05) is 12.5 Å². The molecule has 0 atom stereocenters. The summed E-state index contributed by atoms with van der Waals surface area (Å²) in [5.74, 6) is -0.770. The van der Waals surface area contributed by atoms with Crippen LogP contribution < -0.4 is 5.43 Å². The number of benzene rings is 1. The van der Waals surface area contributed by atoms with Crippen LogP contribution in [0.25, 0.3) is 11.0 Å². The molecule has 0 fully saturated rings. The Morgan fingerprint density at radius 1 is 1.33 bits per heavy atom. The molecule has 1 heterocycles. The molecule has 5 heteroatoms. The van der Waals surface area contributed by atoms with Crippen molar-refractivity contribution in [3.63, 3.8) is 0 Å². The van der Waals surface area contributed by atoms with Crippen molar-refractivity contribution in [2.24, 2.45) is 0 Å². The lowest BCUT2D eigenvalue weighted by Crippen LogP contribution is -2.05. The van der Waals surface area contributed by atoms with Crippen LogP contribution in [0.4, 0.5) is 0 Å². The Balaban J connectivity index is 2.55. The lowest BCUT2D eigenvalue weighted by Gasteiger charge is -2.04. The van der Waals surface area contributed by atoms with Gasteiger partial charge in [-0.05, 0) is 24.6 Å². The van der Waals surface area contributed by atoms with Crippen LogP contribution >= 0.6 is 0 Å². The topological polar surface area (TPSA) is 87.7 Å². The third kappa shape index (κ3) is 2.34. The van der Waals surface area contributed by atoms with Crippen molar-refractivity contribution in [3.8, 4) is 5.75 Å². The molecule has 0 saturated carbocycles. The molecule has 0 aliphatic carbocycles. The van der Waals surface area contributed by atoms with Crippen molar-refractivity contribution in [2.45, 2.75) is 19.8 Å². The number of aliphatic carboxylic acids is 1. The first-order valence-electron chi connectivity index (χ1n) is 5.45. The molecule has 2 aromatic rings. The van der Waals surface area contributed by atoms with E-state index in [0.29, 0.717) is 5.76 Å². The highest BCUT2D eigenvalue weighted by Gasteiger charge is 2.10. The van der Waals surface area contributed by atoms with E-state index in [9.17, 15) is 14.7 Å². The summed E-state index contributed by atoms with van der Waals surface area (Å²) in [6.07, 6.45) is 0.0431. The normalized spacial score (nSPS) is 10.7. The number of hydrogen-bond donors (Lipinski definition) is 2. The van der Waals surface area contributed by atoms with Gasteiger partial charge in [0.25, 0.3) is 0 Å². The lowest BCUT2D eigenvalue weighted by molar-refractivity contribution is -0.137. The summed E-state index contributed by atoms with van der Waals surface area (Å²) in [6, 6.07) is 4.34. The molecule has 18 heavy (non-hydrogen) atoms. The van der Waals surface area contributed by atoms with Gasteiger partial charge in [0.2, 0.25) is 0 Å². The van der Waals surface area contributed by atoms with Gasteiger partial charge < -0.3 is 14.6 Å². The smallest absolute Gasteiger partial charge is 0.303 e. The van der Waals surface area contributed by atoms with E-state index in [1.807, 2.05) is 0 Å². The van der Waals surface area contributed by atoms with Crippen molar-refractivity contribution >= 4 is 16.9 Å². The number of phenolic OH excluding ortho intramolecular Hbond substituents is 1. The van der Waals surface area contributed by atoms with E-state index < -0.39 is 5.97 Å². The van der Waals surface area contributed by atoms with Crippen LogP contribution in [0.15, 0.2) is 27.4 Å². The maximum atomic E-state index is 11.8. The van der Waals surface area contributed by atoms with Crippen molar-refractivity contribution in [3.05, 3.63) is 39.7 Å². The van der Waals surface area contributed by atoms with Crippen LogP contribution in [0.3, 0.4) is 0 Å². The molecule has 0 amide bonds. The number of hydrogen-bond acceptors (Lipinski definition) is 4. The number of phenols is 1. The van der Waals surface area contributed by atoms with E-state index in [1.165, 1.54) is 12.1 Å². The number of carboxylic acids is 1. The van der Waals surface area contributed by atoms with Gasteiger partial charge in [0.15, 0.2) is 5.43 Å². The SMILES string of the molecule is Cc1cc(O)c2c(=O)cc(CCC(=O)O)oc2c1. The van der Waals surface area contributed by atoms with Gasteiger partial charge in [0.1, 0.15) is 22.5 Å². The van der Waals surface area contributed by atoms with E-state index in [1.54, 1.807) is 13.0 Å². The molecule has 0 spiro atoms. The van der Waals surface area contributed by atoms with Crippen LogP contribution in [0.2, 0.25) is 0 Å². The van der Waals surface area contributed by atoms with Gasteiger partial charge in [-0.15, -0.1) is 0 Å². The highest BCUT2D eigenvalue weighted by Crippen LogP contribution is 2.24. The van der Waals surface area contributed by atoms with Crippen LogP contribution in [0.5, 0.6) is 5.75 Å². The van der Waals surface area contributed by atoms with Crippen LogP contribution in [-0.4, -0.2) is 16.2 Å². The molecule has 0 bridgehead atoms. The molecule has 0 aliphatic heterocycles. The van der Waals surface area contributed by atoms with Gasteiger partial charge in [-0.3, -0.25) is 9.59 Å². The third-order valence-corrected chi connectivity index (χ3v) is 2.59. The highest BCUT2D eigenvalue weighted by atomic mass is 16.4. The first kappa shape index (κ1) is 12.2. The van der Waals surface area contributed by atoms with Crippen molar-refractivity contribution in [1.29, 1.82) is 0 Å². The zero-order chi connectivity index (χ0) is 13.3. The van der Waals surface area contributed by atoms with Crippen LogP contribution in [0, 0.1) is 6.92 Å². The molecule has 0 saturated heterocycles. The molecule has 94 valence electrons. The van der Waals surface area contributed by atoms with Crippen molar-refractivity contribution < 1.29 is 19.4 Å². The molecular formula is C13H12O5. The highest BCUT2D eigenvalue weighted by molar-refractivity contribution is 5.83. The summed E-state index contributed by atoms with van der Waals surface area (Å²) in [7, 11) is 0. The number of rotatable bonds is 3. The predicted molar refractivity (Wildman–Crippen MR) is 64.8 cm³/mol. The minimum Gasteiger partial charge on any atom is -0.507 e. The van der Waals surface area contributed by atoms with Gasteiger partial charge in [0.05, 0.1) is 6.42 Å². The third-order valence-electron chi connectivity index (χ3n) is 2.59. The summed E-state index contributed by atoms with van der Waals surface area (Å²) in [5, 5.41) is 18.4. The zero-order valence-corrected chi connectivity index (χ0v) is 9.77. The maximum absolute atomic E-state index is 11.8. The molecule has 2 N–H and O–H groups in total. The Morgan fingerprint density at radius 2 is 2.06 bits per heavy atom. The Hall–Kier alpha value is -2.30. The summed E-state index contributed by atoms with van der Waals surface area (Å²) >= 11 is 0. The summed E-state index contributed by atoms with van der Waals surface area (Å²) in [6.45, 7) is 1.77. The Labute approximate surface area is 102 Å². The second-order valence-electron chi connectivity index (χ2n) is 4.13. The molecule has 0 unspecified atom stereocenters. The standard InChI is InChI=1S/C13H12O5/c1-7-4-9(14)13-10(15)6-8(2-3-12(16)17)18-11(13)5-7/h4-6,14H,2-3H2,1H3,(H,16,17). The van der Waals surface area contributed by atoms with Crippen molar-refractivity contribution in [2.75, 3.05) is 0 Å². The number of aryl methyl sites for hydroxylation is 2. The van der Waals surface area contributed by atoms with E-state index in [2.05, 4.69) is 0 Å². The Bertz CT molecular complexity index is 669. The minimum atomic E-state index is -0.954. The molecule has 5 nitrogen and oxygen atoms in total. The van der Waals surface area contributed by atoms with E-state index in [0.717, 1.165) is 5.56 Å². The zero-order valence-electron chi connectivity index (χ0n) is 9.77. The number of fused-ring (bicyclic) bond motifs is 1. The average molecular weight is 248 g/mol. The number of carboxylic acid groups (broad SMARTS) is 1. The van der Waals surface area contributed by atoms with E-state index >= 15 is 0 Å². The van der Waals surface area contributed by atoms with E-state index in [-0.39, 0.29) is 35.0 Å². The average Bonchev–Trinajstić information content (AvgIpc) is 2.24. The molecule has 1 aromatic carbocycles. The van der Waals surface area contributed by atoms with Gasteiger partial charge in [-0.1, -0.05) is 0 Å². The molecule has 2 rings (SSSR count). The molecule has 0 aliphatic rings. The second-order valence-corrected chi connectivity index (χ2v) is 4.13. The summed E-state index contributed by atoms with van der Waals surface area (Å²) < 4.78 is 5.43. The number of aromatic hydroxyl groups is 1. The van der Waals surface area contributed by atoms with Crippen molar-refractivity contribution in [1.82, 2.24) is 0 Å². The van der Waals surface area contributed by atoms with Crippen LogP contribution in [0.1, 0.15) is 17.7 Å². The Morgan fingerprint density at radius 3 is 2.72 bits per heavy atom. The summed E-state index contributed by atoms with van der Waals surface area (Å²) in [4.78, 5) is 22.3. The van der Waals surface area contributed by atoms with Gasteiger partial charge in [-0.2, -0.15) is 0 Å². The monoisotopic (exact) mass is 248 g/mol. The predicted octanol–water partition coefficient (Wildman–Crippen LogP) is 1.82. The Kier molecular flexibility index (Phi) is 3.06. The fourth-order valence-electron chi connectivity index (χ4n) is 1.81. The number of carbonyl (C=O) groups is 1. The molecule has 1 aromatic heterocycles. The fraction of sp³-hybridized carbons (Fsp3) is 0.231. The summed E-state index contributed by atoms with van der Waals surface area (Å²) in [5.41, 5.74) is 0.674. The van der Waals surface area contributed by atoms with Gasteiger partial charge >= 0.3 is 5.97 Å². The first-order chi connectivity index (χ1) is 8.47. The second kappa shape index (κ2) is 4.52. The van der Waals surface area contributed by atoms with Crippen LogP contribution in [-0.2, 0) is 11.2 Å². The molecular weight excluding hydrogens is 236 g/mol. The van der Waals surface area contributed by atoms with Gasteiger partial charge in [-0.25, -0.2) is 0 Å². The van der Waals surface area contributed by atoms with E-state index in [4.69, 9.17) is 9.52 Å². The largest absolute Gasteiger partial charge is 0.507 e.